The molecule has 78 valence electrons. The second-order valence-corrected chi connectivity index (χ2v) is 2.71. The van der Waals surface area contributed by atoms with Gasteiger partial charge in [0.05, 0.1) is 12.1 Å². The summed E-state index contributed by atoms with van der Waals surface area (Å²) in [6, 6.07) is 1.02. The number of hydrogen-bond donors (Lipinski definition) is 1. The zero-order valence-corrected chi connectivity index (χ0v) is 7.31. The highest BCUT2D eigenvalue weighted by Gasteiger charge is 2.39. The Labute approximate surface area is 77.7 Å². The smallest absolute Gasteiger partial charge is 0.450 e. The Morgan fingerprint density at radius 1 is 1.57 bits per heavy atom. The van der Waals surface area contributed by atoms with Crippen molar-refractivity contribution in [3.05, 3.63) is 23.2 Å². The van der Waals surface area contributed by atoms with E-state index in [1.165, 1.54) is 0 Å². The number of halogens is 3. The van der Waals surface area contributed by atoms with Gasteiger partial charge in [-0.15, -0.1) is 0 Å². The molecule has 0 saturated carbocycles. The summed E-state index contributed by atoms with van der Waals surface area (Å²) in [4.78, 5) is 10.8. The number of carbonyl (C=O) groups excluding carboxylic acids is 1. The van der Waals surface area contributed by atoms with Crippen molar-refractivity contribution in [3.8, 4) is 0 Å². The fraction of sp³-hybridized carbons (Fsp3) is 0.375. The van der Waals surface area contributed by atoms with Crippen molar-refractivity contribution in [2.45, 2.75) is 19.6 Å². The van der Waals surface area contributed by atoms with E-state index in [4.69, 9.17) is 5.73 Å². The lowest BCUT2D eigenvalue weighted by Crippen LogP contribution is -2.08. The van der Waals surface area contributed by atoms with Gasteiger partial charge in [-0.2, -0.15) is 13.2 Å². The summed E-state index contributed by atoms with van der Waals surface area (Å²) >= 11 is 0. The molecule has 6 heteroatoms. The first-order valence-corrected chi connectivity index (χ1v) is 3.77. The van der Waals surface area contributed by atoms with E-state index in [-0.39, 0.29) is 12.3 Å². The third kappa shape index (κ3) is 1.95. The maximum atomic E-state index is 12.3. The molecule has 1 aromatic heterocycles. The van der Waals surface area contributed by atoms with Gasteiger partial charge in [-0.3, -0.25) is 4.79 Å². The summed E-state index contributed by atoms with van der Waals surface area (Å²) in [6.07, 6.45) is -4.66. The van der Waals surface area contributed by atoms with Gasteiger partial charge in [0.25, 0.3) is 0 Å². The average molecular weight is 207 g/mol. The van der Waals surface area contributed by atoms with Gasteiger partial charge in [0, 0.05) is 0 Å². The van der Waals surface area contributed by atoms with Crippen molar-refractivity contribution < 1.29 is 22.4 Å². The molecule has 3 nitrogen and oxygen atoms in total. The maximum absolute atomic E-state index is 12.3. The highest BCUT2D eigenvalue weighted by molar-refractivity contribution is 5.95. The summed E-state index contributed by atoms with van der Waals surface area (Å²) in [6.45, 7) is 0.872. The third-order valence-corrected chi connectivity index (χ3v) is 1.62. The van der Waals surface area contributed by atoms with Gasteiger partial charge in [-0.25, -0.2) is 0 Å². The van der Waals surface area contributed by atoms with Crippen LogP contribution in [0.2, 0.25) is 0 Å². The quantitative estimate of drug-likeness (QED) is 0.754. The predicted octanol–water partition coefficient (Wildman–Crippen LogP) is 1.96. The Morgan fingerprint density at radius 3 is 2.43 bits per heavy atom. The van der Waals surface area contributed by atoms with E-state index in [0.717, 1.165) is 13.0 Å². The lowest BCUT2D eigenvalue weighted by molar-refractivity contribution is -0.153. The molecule has 14 heavy (non-hydrogen) atoms. The summed E-state index contributed by atoms with van der Waals surface area (Å²) in [5, 5.41) is 0. The zero-order valence-electron chi connectivity index (χ0n) is 7.31. The Bertz CT molecular complexity index is 354. The highest BCUT2D eigenvalue weighted by Crippen LogP contribution is 2.34. The molecule has 0 radical (unpaired) electrons. The molecule has 0 bridgehead atoms. The summed E-state index contributed by atoms with van der Waals surface area (Å²) < 4.78 is 41.2. The fourth-order valence-electron chi connectivity index (χ4n) is 1.01. The van der Waals surface area contributed by atoms with Gasteiger partial charge in [0.1, 0.15) is 5.76 Å². The predicted molar refractivity (Wildman–Crippen MR) is 41.6 cm³/mol. The number of rotatable bonds is 2. The van der Waals surface area contributed by atoms with Crippen molar-refractivity contribution >= 4 is 5.78 Å². The number of hydrogen-bond acceptors (Lipinski definition) is 3. The lowest BCUT2D eigenvalue weighted by atomic mass is 10.1. The molecule has 1 aromatic rings. The van der Waals surface area contributed by atoms with Crippen LogP contribution in [0.25, 0.3) is 0 Å². The van der Waals surface area contributed by atoms with Gasteiger partial charge < -0.3 is 10.2 Å². The van der Waals surface area contributed by atoms with Gasteiger partial charge in [-0.05, 0) is 13.0 Å². The topological polar surface area (TPSA) is 56.2 Å². The first-order chi connectivity index (χ1) is 6.36. The van der Waals surface area contributed by atoms with E-state index >= 15 is 0 Å². The molecule has 0 spiro atoms. The van der Waals surface area contributed by atoms with Crippen molar-refractivity contribution in [2.75, 3.05) is 0 Å². The molecule has 1 rings (SSSR count). The Balaban J connectivity index is 3.26. The number of nitrogens with two attached hydrogens (primary N) is 1. The largest absolute Gasteiger partial charge is 0.454 e. The van der Waals surface area contributed by atoms with Crippen LogP contribution >= 0.6 is 0 Å². The van der Waals surface area contributed by atoms with Crippen molar-refractivity contribution in [1.29, 1.82) is 0 Å². The minimum absolute atomic E-state index is 0.0532. The van der Waals surface area contributed by atoms with E-state index in [1.54, 1.807) is 0 Å². The van der Waals surface area contributed by atoms with Crippen LogP contribution in [0.1, 0.15) is 28.8 Å². The second kappa shape index (κ2) is 3.45. The molecule has 0 amide bonds. The van der Waals surface area contributed by atoms with Gasteiger partial charge >= 0.3 is 6.18 Å². The van der Waals surface area contributed by atoms with E-state index in [1.807, 2.05) is 0 Å². The van der Waals surface area contributed by atoms with Crippen LogP contribution in [0.5, 0.6) is 0 Å². The van der Waals surface area contributed by atoms with Crippen molar-refractivity contribution in [2.24, 2.45) is 5.73 Å². The Kier molecular flexibility index (Phi) is 2.66. The monoisotopic (exact) mass is 207 g/mol. The fourth-order valence-corrected chi connectivity index (χ4v) is 1.01. The van der Waals surface area contributed by atoms with Gasteiger partial charge in [-0.1, -0.05) is 0 Å². The van der Waals surface area contributed by atoms with E-state index < -0.39 is 23.3 Å². The minimum Gasteiger partial charge on any atom is -0.454 e. The number of ketones is 1. The molecule has 0 saturated heterocycles. The summed E-state index contributed by atoms with van der Waals surface area (Å²) in [5.41, 5.74) is 4.63. The summed E-state index contributed by atoms with van der Waals surface area (Å²) in [7, 11) is 0. The normalized spacial score (nSPS) is 11.8. The maximum Gasteiger partial charge on any atom is 0.450 e. The molecule has 0 aliphatic heterocycles. The number of Topliss-reactive ketones (excluding diaryl/α,β-unsaturated/α-hetero) is 1. The molecule has 0 aromatic carbocycles. The first-order valence-electron chi connectivity index (χ1n) is 3.77. The minimum atomic E-state index is -4.66. The first kappa shape index (κ1) is 10.8. The number of furan rings is 1. The van der Waals surface area contributed by atoms with Gasteiger partial charge in [0.2, 0.25) is 5.76 Å². The molecular formula is C8H8F3NO2. The molecular weight excluding hydrogens is 199 g/mol. The van der Waals surface area contributed by atoms with Crippen LogP contribution in [-0.2, 0) is 12.7 Å². The van der Waals surface area contributed by atoms with Gasteiger partial charge in [0.15, 0.2) is 5.78 Å². The summed E-state index contributed by atoms with van der Waals surface area (Å²) in [5.74, 6) is -2.02. The molecule has 0 fully saturated rings. The molecule has 0 aliphatic carbocycles. The van der Waals surface area contributed by atoms with Crippen LogP contribution in [0.4, 0.5) is 13.2 Å². The lowest BCUT2D eigenvalue weighted by Gasteiger charge is -2.03. The van der Waals surface area contributed by atoms with E-state index in [2.05, 4.69) is 4.42 Å². The molecule has 1 heterocycles. The van der Waals surface area contributed by atoms with Crippen molar-refractivity contribution in [3.63, 3.8) is 0 Å². The Hall–Kier alpha value is -1.30. The van der Waals surface area contributed by atoms with Crippen LogP contribution < -0.4 is 5.73 Å². The molecule has 0 aliphatic rings. The van der Waals surface area contributed by atoms with E-state index in [9.17, 15) is 18.0 Å². The van der Waals surface area contributed by atoms with Crippen LogP contribution in [-0.4, -0.2) is 5.78 Å². The third-order valence-electron chi connectivity index (χ3n) is 1.62. The van der Waals surface area contributed by atoms with Crippen molar-refractivity contribution in [1.82, 2.24) is 0 Å². The Morgan fingerprint density at radius 2 is 2.14 bits per heavy atom. The zero-order chi connectivity index (χ0) is 10.9. The van der Waals surface area contributed by atoms with Crippen LogP contribution in [0.3, 0.4) is 0 Å². The highest BCUT2D eigenvalue weighted by atomic mass is 19.4. The average Bonchev–Trinajstić information content (AvgIpc) is 2.46. The number of carbonyl (C=O) groups is 1. The van der Waals surface area contributed by atoms with Crippen LogP contribution in [0, 0.1) is 0 Å². The molecule has 0 unspecified atom stereocenters. The standard InChI is InChI=1S/C8H8F3NO2/c1-4(13)6-2-5(3-12)14-7(6)8(9,10)11/h2H,3,12H2,1H3. The SMILES string of the molecule is CC(=O)c1cc(CN)oc1C(F)(F)F. The molecule has 0 atom stereocenters. The molecule has 2 N–H and O–H groups in total. The number of alkyl halides is 3. The van der Waals surface area contributed by atoms with E-state index in [0.29, 0.717) is 0 Å². The van der Waals surface area contributed by atoms with Crippen LogP contribution in [0.15, 0.2) is 10.5 Å². The second-order valence-electron chi connectivity index (χ2n) is 2.71.